The van der Waals surface area contributed by atoms with Crippen molar-refractivity contribution in [2.45, 2.75) is 46.5 Å². The second-order valence-corrected chi connectivity index (χ2v) is 6.12. The number of carbonyl (C=O) groups is 1. The van der Waals surface area contributed by atoms with Crippen LogP contribution in [0, 0.1) is 5.41 Å². The third-order valence-corrected chi connectivity index (χ3v) is 3.07. The number of hydrogen-bond acceptors (Lipinski definition) is 1. The minimum atomic E-state index is 0.0425. The van der Waals surface area contributed by atoms with Crippen molar-refractivity contribution in [3.05, 3.63) is 29.3 Å². The van der Waals surface area contributed by atoms with Gasteiger partial charge in [-0.05, 0) is 47.9 Å². The number of benzene rings is 1. The van der Waals surface area contributed by atoms with E-state index in [9.17, 15) is 4.79 Å². The number of fused-ring (bicyclic) bond motifs is 1. The van der Waals surface area contributed by atoms with Gasteiger partial charge in [0.15, 0.2) is 0 Å². The van der Waals surface area contributed by atoms with Crippen molar-refractivity contribution in [3.8, 4) is 0 Å². The molecule has 92 valence electrons. The molecule has 0 saturated heterocycles. The van der Waals surface area contributed by atoms with Crippen LogP contribution in [0.2, 0.25) is 0 Å². The maximum Gasteiger partial charge on any atom is 0.224 e. The van der Waals surface area contributed by atoms with E-state index in [0.29, 0.717) is 6.42 Å². The fourth-order valence-electron chi connectivity index (χ4n) is 2.34. The summed E-state index contributed by atoms with van der Waals surface area (Å²) in [5, 5.41) is 2.99. The maximum atomic E-state index is 11.8. The first-order valence-electron chi connectivity index (χ1n) is 6.36. The minimum Gasteiger partial charge on any atom is -0.326 e. The van der Waals surface area contributed by atoms with Gasteiger partial charge in [-0.25, -0.2) is 0 Å². The summed E-state index contributed by atoms with van der Waals surface area (Å²) in [5.74, 6) is 0.107. The Bertz CT molecular complexity index is 429. The second-order valence-electron chi connectivity index (χ2n) is 6.12. The van der Waals surface area contributed by atoms with Crippen LogP contribution in [0.1, 0.15) is 44.7 Å². The highest BCUT2D eigenvalue weighted by atomic mass is 16.1. The molecule has 0 saturated carbocycles. The number of carbonyl (C=O) groups excluding carboxylic acids is 1. The van der Waals surface area contributed by atoms with Crippen LogP contribution in [-0.2, 0) is 17.6 Å². The first-order valence-corrected chi connectivity index (χ1v) is 6.36. The zero-order chi connectivity index (χ0) is 12.5. The predicted molar refractivity (Wildman–Crippen MR) is 71.2 cm³/mol. The van der Waals surface area contributed by atoms with Crippen molar-refractivity contribution in [2.24, 2.45) is 5.41 Å². The van der Waals surface area contributed by atoms with Crippen molar-refractivity contribution >= 4 is 11.6 Å². The topological polar surface area (TPSA) is 29.1 Å². The summed E-state index contributed by atoms with van der Waals surface area (Å²) in [4.78, 5) is 11.8. The smallest absolute Gasteiger partial charge is 0.224 e. The Kier molecular flexibility index (Phi) is 3.23. The average Bonchev–Trinajstić information content (AvgIpc) is 2.61. The number of aryl methyl sites for hydroxylation is 2. The summed E-state index contributed by atoms with van der Waals surface area (Å²) >= 11 is 0. The van der Waals surface area contributed by atoms with Crippen LogP contribution in [0.3, 0.4) is 0 Å². The lowest BCUT2D eigenvalue weighted by molar-refractivity contribution is -0.117. The van der Waals surface area contributed by atoms with Gasteiger partial charge in [0.25, 0.3) is 0 Å². The lowest BCUT2D eigenvalue weighted by Gasteiger charge is -2.17. The van der Waals surface area contributed by atoms with E-state index in [0.717, 1.165) is 12.1 Å². The Labute approximate surface area is 103 Å². The first-order chi connectivity index (χ1) is 7.94. The predicted octanol–water partition coefficient (Wildman–Crippen LogP) is 3.55. The van der Waals surface area contributed by atoms with Crippen LogP contribution in [0.25, 0.3) is 0 Å². The average molecular weight is 231 g/mol. The highest BCUT2D eigenvalue weighted by Crippen LogP contribution is 2.25. The molecule has 1 aromatic carbocycles. The molecule has 0 fully saturated rings. The fourth-order valence-corrected chi connectivity index (χ4v) is 2.34. The summed E-state index contributed by atoms with van der Waals surface area (Å²) in [7, 11) is 0. The first kappa shape index (κ1) is 12.2. The highest BCUT2D eigenvalue weighted by Gasteiger charge is 2.17. The fraction of sp³-hybridized carbons (Fsp3) is 0.533. The zero-order valence-corrected chi connectivity index (χ0v) is 11.0. The van der Waals surface area contributed by atoms with Gasteiger partial charge in [0.2, 0.25) is 5.91 Å². The molecule has 17 heavy (non-hydrogen) atoms. The number of nitrogens with one attached hydrogen (secondary N) is 1. The van der Waals surface area contributed by atoms with Crippen molar-refractivity contribution in [3.63, 3.8) is 0 Å². The van der Waals surface area contributed by atoms with Crippen molar-refractivity contribution < 1.29 is 4.79 Å². The molecule has 0 aliphatic heterocycles. The molecule has 0 radical (unpaired) electrons. The van der Waals surface area contributed by atoms with Crippen molar-refractivity contribution in [1.82, 2.24) is 0 Å². The van der Waals surface area contributed by atoms with Gasteiger partial charge in [0.05, 0.1) is 0 Å². The van der Waals surface area contributed by atoms with Crippen LogP contribution < -0.4 is 5.32 Å². The van der Waals surface area contributed by atoms with Crippen LogP contribution in [0.4, 0.5) is 5.69 Å². The lowest BCUT2D eigenvalue weighted by Crippen LogP contribution is -2.19. The molecule has 0 heterocycles. The van der Waals surface area contributed by atoms with Crippen LogP contribution >= 0.6 is 0 Å². The second kappa shape index (κ2) is 4.52. The third kappa shape index (κ3) is 3.32. The number of hydrogen-bond donors (Lipinski definition) is 1. The molecule has 1 aliphatic rings. The van der Waals surface area contributed by atoms with E-state index in [1.807, 2.05) is 6.07 Å². The molecular formula is C15H21NO. The van der Waals surface area contributed by atoms with E-state index < -0.39 is 0 Å². The molecule has 1 amide bonds. The molecule has 0 aromatic heterocycles. The van der Waals surface area contributed by atoms with Gasteiger partial charge in [0.1, 0.15) is 0 Å². The quantitative estimate of drug-likeness (QED) is 0.828. The van der Waals surface area contributed by atoms with Gasteiger partial charge in [-0.1, -0.05) is 26.8 Å². The van der Waals surface area contributed by atoms with E-state index in [2.05, 4.69) is 38.2 Å². The molecule has 2 nitrogen and oxygen atoms in total. The van der Waals surface area contributed by atoms with E-state index in [1.54, 1.807) is 0 Å². The molecule has 1 N–H and O–H groups in total. The summed E-state index contributed by atoms with van der Waals surface area (Å²) in [5.41, 5.74) is 3.83. The minimum absolute atomic E-state index is 0.0425. The molecule has 0 bridgehead atoms. The molecule has 0 atom stereocenters. The monoisotopic (exact) mass is 231 g/mol. The standard InChI is InChI=1S/C15H21NO/c1-15(2,3)10-14(17)16-13-8-7-11-5-4-6-12(11)9-13/h7-9H,4-6,10H2,1-3H3,(H,16,17). The van der Waals surface area contributed by atoms with Crippen molar-refractivity contribution in [1.29, 1.82) is 0 Å². The summed E-state index contributed by atoms with van der Waals surface area (Å²) in [6.07, 6.45) is 4.14. The van der Waals surface area contributed by atoms with E-state index >= 15 is 0 Å². The van der Waals surface area contributed by atoms with E-state index in [1.165, 1.54) is 24.0 Å². The Hall–Kier alpha value is -1.31. The van der Waals surface area contributed by atoms with Gasteiger partial charge in [-0.15, -0.1) is 0 Å². The summed E-state index contributed by atoms with van der Waals surface area (Å²) in [6.45, 7) is 6.24. The van der Waals surface area contributed by atoms with Crippen molar-refractivity contribution in [2.75, 3.05) is 5.32 Å². The van der Waals surface area contributed by atoms with E-state index in [4.69, 9.17) is 0 Å². The number of rotatable bonds is 2. The number of amides is 1. The molecule has 0 unspecified atom stereocenters. The van der Waals surface area contributed by atoms with Gasteiger partial charge >= 0.3 is 0 Å². The largest absolute Gasteiger partial charge is 0.326 e. The third-order valence-electron chi connectivity index (χ3n) is 3.07. The lowest BCUT2D eigenvalue weighted by atomic mass is 9.92. The number of anilines is 1. The Morgan fingerprint density at radius 3 is 2.65 bits per heavy atom. The Morgan fingerprint density at radius 1 is 1.24 bits per heavy atom. The zero-order valence-electron chi connectivity index (χ0n) is 11.0. The van der Waals surface area contributed by atoms with Gasteiger partial charge in [0, 0.05) is 12.1 Å². The Balaban J connectivity index is 2.02. The SMILES string of the molecule is CC(C)(C)CC(=O)Nc1ccc2c(c1)CCC2. The summed E-state index contributed by atoms with van der Waals surface area (Å²) in [6, 6.07) is 6.29. The van der Waals surface area contributed by atoms with Crippen LogP contribution in [0.5, 0.6) is 0 Å². The van der Waals surface area contributed by atoms with Gasteiger partial charge in [-0.3, -0.25) is 4.79 Å². The molecule has 1 aliphatic carbocycles. The summed E-state index contributed by atoms with van der Waals surface area (Å²) < 4.78 is 0. The molecule has 2 heteroatoms. The highest BCUT2D eigenvalue weighted by molar-refractivity contribution is 5.91. The van der Waals surface area contributed by atoms with Crippen LogP contribution in [0.15, 0.2) is 18.2 Å². The van der Waals surface area contributed by atoms with E-state index in [-0.39, 0.29) is 11.3 Å². The van der Waals surface area contributed by atoms with Gasteiger partial charge < -0.3 is 5.32 Å². The van der Waals surface area contributed by atoms with Crippen LogP contribution in [-0.4, -0.2) is 5.91 Å². The van der Waals surface area contributed by atoms with Gasteiger partial charge in [-0.2, -0.15) is 0 Å². The molecule has 2 rings (SSSR count). The maximum absolute atomic E-state index is 11.8. The Morgan fingerprint density at radius 2 is 1.94 bits per heavy atom. The molecule has 1 aromatic rings. The molecular weight excluding hydrogens is 210 g/mol. The normalized spacial score (nSPS) is 14.5. The molecule has 0 spiro atoms.